The van der Waals surface area contributed by atoms with Crippen molar-refractivity contribution in [1.29, 1.82) is 0 Å². The highest BCUT2D eigenvalue weighted by Gasteiger charge is 2.03. The molecule has 1 atom stereocenters. The Hall–Kier alpha value is 0.460. The van der Waals surface area contributed by atoms with Crippen molar-refractivity contribution in [2.75, 3.05) is 33.9 Å². The van der Waals surface area contributed by atoms with Crippen LogP contribution in [0, 0.1) is 5.92 Å². The summed E-state index contributed by atoms with van der Waals surface area (Å²) in [6.45, 7) is 2.54. The van der Waals surface area contributed by atoms with Crippen LogP contribution >= 0.6 is 24.8 Å². The zero-order valence-corrected chi connectivity index (χ0v) is 9.34. The fourth-order valence-corrected chi connectivity index (χ4v) is 0.876. The zero-order chi connectivity index (χ0) is 7.82. The van der Waals surface area contributed by atoms with E-state index in [0.717, 1.165) is 26.1 Å². The maximum Gasteiger partial charge on any atom is 0.0465 e. The van der Waals surface area contributed by atoms with Crippen LogP contribution in [0.1, 0.15) is 6.42 Å². The summed E-state index contributed by atoms with van der Waals surface area (Å²) in [4.78, 5) is 0. The van der Waals surface area contributed by atoms with Crippen LogP contribution in [-0.2, 0) is 4.74 Å². The molecule has 5 heteroatoms. The van der Waals surface area contributed by atoms with Gasteiger partial charge in [0.1, 0.15) is 0 Å². The lowest BCUT2D eigenvalue weighted by molar-refractivity contribution is 0.178. The first kappa shape index (κ1) is 18.3. The Morgan fingerprint density at radius 3 is 2.33 bits per heavy atom. The lowest BCUT2D eigenvalue weighted by Gasteiger charge is -2.12. The number of nitrogens with two attached hydrogens (primary N) is 1. The fraction of sp³-hybridized carbons (Fsp3) is 1.00. The highest BCUT2D eigenvalue weighted by molar-refractivity contribution is 5.85. The van der Waals surface area contributed by atoms with Crippen LogP contribution < -0.4 is 11.1 Å². The average Bonchev–Trinajstić information content (AvgIpc) is 1.98. The molecule has 0 aromatic carbocycles. The third kappa shape index (κ3) is 10.5. The van der Waals surface area contributed by atoms with Gasteiger partial charge in [0.25, 0.3) is 0 Å². The second-order valence-electron chi connectivity index (χ2n) is 2.44. The molecule has 0 aliphatic carbocycles. The molecule has 0 bridgehead atoms. The van der Waals surface area contributed by atoms with Gasteiger partial charge in [0, 0.05) is 13.7 Å². The second kappa shape index (κ2) is 14.0. The molecule has 0 fully saturated rings. The van der Waals surface area contributed by atoms with Gasteiger partial charge in [-0.3, -0.25) is 0 Å². The highest BCUT2D eigenvalue weighted by Crippen LogP contribution is 1.98. The van der Waals surface area contributed by atoms with Gasteiger partial charge in [-0.25, -0.2) is 0 Å². The van der Waals surface area contributed by atoms with E-state index in [2.05, 4.69) is 5.32 Å². The molecular formula is C7H20Cl2N2O. The molecule has 78 valence electrons. The Bertz CT molecular complexity index is 76.4. The standard InChI is InChI=1S/C7H18N2O.2ClH/c1-9-6-7(5-8)3-4-10-2;;/h7,9H,3-6,8H2,1-2H3;2*1H. The minimum absolute atomic E-state index is 0. The third-order valence-electron chi connectivity index (χ3n) is 1.56. The van der Waals surface area contributed by atoms with Crippen molar-refractivity contribution in [2.24, 2.45) is 11.7 Å². The van der Waals surface area contributed by atoms with Crippen LogP contribution in [0.5, 0.6) is 0 Å². The van der Waals surface area contributed by atoms with Crippen LogP contribution in [0.2, 0.25) is 0 Å². The van der Waals surface area contributed by atoms with Crippen LogP contribution in [-0.4, -0.2) is 33.9 Å². The van der Waals surface area contributed by atoms with Crippen LogP contribution in [0.3, 0.4) is 0 Å². The molecule has 3 nitrogen and oxygen atoms in total. The van der Waals surface area contributed by atoms with Crippen molar-refractivity contribution in [3.05, 3.63) is 0 Å². The van der Waals surface area contributed by atoms with Crippen molar-refractivity contribution < 1.29 is 4.74 Å². The summed E-state index contributed by atoms with van der Waals surface area (Å²) in [5, 5.41) is 3.09. The molecule has 0 amide bonds. The number of methoxy groups -OCH3 is 1. The summed E-state index contributed by atoms with van der Waals surface area (Å²) in [5.41, 5.74) is 5.50. The average molecular weight is 219 g/mol. The van der Waals surface area contributed by atoms with Gasteiger partial charge in [-0.2, -0.15) is 0 Å². The maximum absolute atomic E-state index is 5.50. The van der Waals surface area contributed by atoms with Gasteiger partial charge in [0.05, 0.1) is 0 Å². The Balaban J connectivity index is -0.000000405. The first-order chi connectivity index (χ1) is 4.85. The Morgan fingerprint density at radius 1 is 1.42 bits per heavy atom. The number of rotatable bonds is 6. The van der Waals surface area contributed by atoms with E-state index in [1.54, 1.807) is 7.11 Å². The Labute approximate surface area is 87.2 Å². The van der Waals surface area contributed by atoms with E-state index >= 15 is 0 Å². The maximum atomic E-state index is 5.50. The fourth-order valence-electron chi connectivity index (χ4n) is 0.876. The molecule has 0 heterocycles. The summed E-state index contributed by atoms with van der Waals surface area (Å²) >= 11 is 0. The summed E-state index contributed by atoms with van der Waals surface area (Å²) in [6.07, 6.45) is 1.05. The highest BCUT2D eigenvalue weighted by atomic mass is 35.5. The van der Waals surface area contributed by atoms with Gasteiger partial charge in [-0.1, -0.05) is 0 Å². The molecule has 0 saturated carbocycles. The normalized spacial score (nSPS) is 11.2. The minimum atomic E-state index is 0. The molecule has 0 aliphatic heterocycles. The summed E-state index contributed by atoms with van der Waals surface area (Å²) in [6, 6.07) is 0. The quantitative estimate of drug-likeness (QED) is 0.689. The first-order valence-corrected chi connectivity index (χ1v) is 3.68. The molecule has 0 spiro atoms. The minimum Gasteiger partial charge on any atom is -0.385 e. The number of nitrogens with one attached hydrogen (secondary N) is 1. The van der Waals surface area contributed by atoms with E-state index in [0.29, 0.717) is 5.92 Å². The molecule has 0 aromatic rings. The summed E-state index contributed by atoms with van der Waals surface area (Å²) < 4.78 is 4.94. The molecule has 0 aromatic heterocycles. The van der Waals surface area contributed by atoms with E-state index in [9.17, 15) is 0 Å². The largest absolute Gasteiger partial charge is 0.385 e. The Kier molecular flexibility index (Phi) is 21.3. The van der Waals surface area contributed by atoms with Gasteiger partial charge in [-0.05, 0) is 32.5 Å². The predicted octanol–water partition coefficient (Wildman–Crippen LogP) is 0.661. The molecule has 1 unspecified atom stereocenters. The molecule has 12 heavy (non-hydrogen) atoms. The smallest absolute Gasteiger partial charge is 0.0465 e. The van der Waals surface area contributed by atoms with Crippen molar-refractivity contribution in [2.45, 2.75) is 6.42 Å². The molecule has 0 rings (SSSR count). The van der Waals surface area contributed by atoms with Gasteiger partial charge in [0.15, 0.2) is 0 Å². The van der Waals surface area contributed by atoms with E-state index in [1.165, 1.54) is 0 Å². The first-order valence-electron chi connectivity index (χ1n) is 3.68. The molecular weight excluding hydrogens is 199 g/mol. The van der Waals surface area contributed by atoms with Gasteiger partial charge >= 0.3 is 0 Å². The van der Waals surface area contributed by atoms with Crippen LogP contribution in [0.15, 0.2) is 0 Å². The summed E-state index contributed by atoms with van der Waals surface area (Å²) in [7, 11) is 3.66. The zero-order valence-electron chi connectivity index (χ0n) is 7.71. The summed E-state index contributed by atoms with van der Waals surface area (Å²) in [5.74, 6) is 0.560. The van der Waals surface area contributed by atoms with Crippen molar-refractivity contribution in [3.63, 3.8) is 0 Å². The number of hydrogen-bond acceptors (Lipinski definition) is 3. The topological polar surface area (TPSA) is 47.3 Å². The monoisotopic (exact) mass is 218 g/mol. The Morgan fingerprint density at radius 2 is 2.00 bits per heavy atom. The SMILES string of the molecule is CNCC(CN)CCOC.Cl.Cl. The molecule has 0 radical (unpaired) electrons. The molecule has 0 saturated heterocycles. The van der Waals surface area contributed by atoms with Gasteiger partial charge in [0.2, 0.25) is 0 Å². The van der Waals surface area contributed by atoms with Crippen LogP contribution in [0.25, 0.3) is 0 Å². The number of halogens is 2. The van der Waals surface area contributed by atoms with E-state index in [1.807, 2.05) is 7.05 Å². The van der Waals surface area contributed by atoms with Crippen LogP contribution in [0.4, 0.5) is 0 Å². The lowest BCUT2D eigenvalue weighted by Crippen LogP contribution is -2.26. The second-order valence-corrected chi connectivity index (χ2v) is 2.44. The molecule has 0 aliphatic rings. The van der Waals surface area contributed by atoms with Crippen molar-refractivity contribution in [3.8, 4) is 0 Å². The molecule has 3 N–H and O–H groups in total. The van der Waals surface area contributed by atoms with E-state index in [-0.39, 0.29) is 24.8 Å². The van der Waals surface area contributed by atoms with Gasteiger partial charge in [-0.15, -0.1) is 24.8 Å². The van der Waals surface area contributed by atoms with E-state index in [4.69, 9.17) is 10.5 Å². The van der Waals surface area contributed by atoms with Gasteiger partial charge < -0.3 is 15.8 Å². The predicted molar refractivity (Wildman–Crippen MR) is 57.5 cm³/mol. The third-order valence-corrected chi connectivity index (χ3v) is 1.56. The van der Waals surface area contributed by atoms with Crippen molar-refractivity contribution in [1.82, 2.24) is 5.32 Å². The number of hydrogen-bond donors (Lipinski definition) is 2. The van der Waals surface area contributed by atoms with E-state index < -0.39 is 0 Å². The van der Waals surface area contributed by atoms with Crippen molar-refractivity contribution >= 4 is 24.8 Å². The lowest BCUT2D eigenvalue weighted by atomic mass is 10.1. The number of ether oxygens (including phenoxy) is 1.